The van der Waals surface area contributed by atoms with Crippen molar-refractivity contribution in [2.45, 2.75) is 18.4 Å². The molecule has 1 fully saturated rings. The van der Waals surface area contributed by atoms with E-state index in [9.17, 15) is 0 Å². The maximum atomic E-state index is 5.97. The zero-order chi connectivity index (χ0) is 9.97. The van der Waals surface area contributed by atoms with Crippen molar-refractivity contribution in [1.29, 1.82) is 0 Å². The summed E-state index contributed by atoms with van der Waals surface area (Å²) in [6.45, 7) is 2.05. The van der Waals surface area contributed by atoms with E-state index in [0.29, 0.717) is 5.92 Å². The van der Waals surface area contributed by atoms with E-state index in [0.717, 1.165) is 19.5 Å². The lowest BCUT2D eigenvalue weighted by Crippen LogP contribution is -2.44. The largest absolute Gasteiger partial charge is 0.327 e. The van der Waals surface area contributed by atoms with Crippen molar-refractivity contribution in [2.75, 3.05) is 20.1 Å². The van der Waals surface area contributed by atoms with Gasteiger partial charge in [-0.05, 0) is 19.0 Å². The molecule has 1 saturated heterocycles. The first-order valence-electron chi connectivity index (χ1n) is 4.94. The molecule has 1 aromatic rings. The fraction of sp³-hybridized carbons (Fsp3) is 0.600. The van der Waals surface area contributed by atoms with Crippen LogP contribution >= 0.6 is 0 Å². The Balaban J connectivity index is 2.11. The predicted molar refractivity (Wildman–Crippen MR) is 54.9 cm³/mol. The number of aromatic nitrogens is 2. The van der Waals surface area contributed by atoms with E-state index in [1.807, 2.05) is 12.4 Å². The van der Waals surface area contributed by atoms with Crippen LogP contribution in [-0.2, 0) is 0 Å². The van der Waals surface area contributed by atoms with Crippen LogP contribution in [0.5, 0.6) is 0 Å². The molecular formula is C10H16N4. The van der Waals surface area contributed by atoms with Crippen LogP contribution in [0, 0.1) is 0 Å². The van der Waals surface area contributed by atoms with E-state index in [4.69, 9.17) is 5.73 Å². The van der Waals surface area contributed by atoms with Crippen LogP contribution in [0.1, 0.15) is 17.9 Å². The minimum absolute atomic E-state index is 0.277. The zero-order valence-corrected chi connectivity index (χ0v) is 8.43. The highest BCUT2D eigenvalue weighted by Crippen LogP contribution is 2.24. The Morgan fingerprint density at radius 1 is 1.36 bits per heavy atom. The van der Waals surface area contributed by atoms with Gasteiger partial charge in [-0.25, -0.2) is 9.97 Å². The molecule has 2 N–H and O–H groups in total. The SMILES string of the molecule is CN1CC(N)CC(c2cncnc2)C1. The minimum Gasteiger partial charge on any atom is -0.327 e. The third-order valence-corrected chi connectivity index (χ3v) is 2.72. The first kappa shape index (κ1) is 9.55. The molecule has 0 spiro atoms. The fourth-order valence-corrected chi connectivity index (χ4v) is 2.13. The molecule has 0 aromatic carbocycles. The molecule has 0 radical (unpaired) electrons. The molecule has 1 aliphatic heterocycles. The summed E-state index contributed by atoms with van der Waals surface area (Å²) in [5, 5.41) is 0. The van der Waals surface area contributed by atoms with E-state index in [1.165, 1.54) is 5.56 Å². The normalized spacial score (nSPS) is 29.0. The second-order valence-corrected chi connectivity index (χ2v) is 4.09. The van der Waals surface area contributed by atoms with Crippen molar-refractivity contribution in [3.63, 3.8) is 0 Å². The molecule has 76 valence electrons. The monoisotopic (exact) mass is 192 g/mol. The molecule has 0 saturated carbocycles. The quantitative estimate of drug-likeness (QED) is 0.691. The summed E-state index contributed by atoms with van der Waals surface area (Å²) in [4.78, 5) is 10.3. The van der Waals surface area contributed by atoms with Gasteiger partial charge in [0, 0.05) is 37.4 Å². The Morgan fingerprint density at radius 3 is 2.71 bits per heavy atom. The second-order valence-electron chi connectivity index (χ2n) is 4.09. The van der Waals surface area contributed by atoms with Gasteiger partial charge in [0.15, 0.2) is 0 Å². The van der Waals surface area contributed by atoms with Crippen LogP contribution < -0.4 is 5.73 Å². The van der Waals surface area contributed by atoms with Gasteiger partial charge in [0.25, 0.3) is 0 Å². The van der Waals surface area contributed by atoms with E-state index >= 15 is 0 Å². The molecule has 4 heteroatoms. The molecular weight excluding hydrogens is 176 g/mol. The Morgan fingerprint density at radius 2 is 2.07 bits per heavy atom. The number of likely N-dealkylation sites (N-methyl/N-ethyl adjacent to an activating group) is 1. The van der Waals surface area contributed by atoms with Gasteiger partial charge >= 0.3 is 0 Å². The number of hydrogen-bond donors (Lipinski definition) is 1. The van der Waals surface area contributed by atoms with Crippen LogP contribution in [-0.4, -0.2) is 41.0 Å². The Bertz CT molecular complexity index is 277. The van der Waals surface area contributed by atoms with E-state index in [-0.39, 0.29) is 6.04 Å². The summed E-state index contributed by atoms with van der Waals surface area (Å²) in [6.07, 6.45) is 6.39. The van der Waals surface area contributed by atoms with E-state index < -0.39 is 0 Å². The molecule has 1 aromatic heterocycles. The average molecular weight is 192 g/mol. The molecule has 2 rings (SSSR count). The molecule has 4 nitrogen and oxygen atoms in total. The molecule has 2 unspecified atom stereocenters. The van der Waals surface area contributed by atoms with Crippen molar-refractivity contribution < 1.29 is 0 Å². The molecule has 0 amide bonds. The summed E-state index contributed by atoms with van der Waals surface area (Å²) in [5.41, 5.74) is 7.17. The van der Waals surface area contributed by atoms with Crippen LogP contribution in [0.2, 0.25) is 0 Å². The number of likely N-dealkylation sites (tertiary alicyclic amines) is 1. The van der Waals surface area contributed by atoms with Gasteiger partial charge in [-0.1, -0.05) is 0 Å². The van der Waals surface area contributed by atoms with Gasteiger partial charge in [-0.15, -0.1) is 0 Å². The standard InChI is InChI=1S/C10H16N4/c1-14-5-8(2-10(11)6-14)9-3-12-7-13-4-9/h3-4,7-8,10H,2,5-6,11H2,1H3. The zero-order valence-electron chi connectivity index (χ0n) is 8.43. The highest BCUT2D eigenvalue weighted by Gasteiger charge is 2.24. The summed E-state index contributed by atoms with van der Waals surface area (Å²) in [7, 11) is 2.11. The lowest BCUT2D eigenvalue weighted by atomic mass is 9.90. The van der Waals surface area contributed by atoms with Crippen molar-refractivity contribution in [2.24, 2.45) is 5.73 Å². The summed E-state index contributed by atoms with van der Waals surface area (Å²) < 4.78 is 0. The highest BCUT2D eigenvalue weighted by molar-refractivity contribution is 5.12. The van der Waals surface area contributed by atoms with Gasteiger partial charge < -0.3 is 10.6 Å². The maximum absolute atomic E-state index is 5.97. The van der Waals surface area contributed by atoms with Gasteiger partial charge in [0.05, 0.1) is 0 Å². The minimum atomic E-state index is 0.277. The number of nitrogens with two attached hydrogens (primary N) is 1. The number of rotatable bonds is 1. The number of piperidine rings is 1. The topological polar surface area (TPSA) is 55.0 Å². The van der Waals surface area contributed by atoms with Gasteiger partial charge in [0.1, 0.15) is 6.33 Å². The molecule has 0 bridgehead atoms. The Kier molecular flexibility index (Phi) is 2.74. The third-order valence-electron chi connectivity index (χ3n) is 2.72. The molecule has 2 heterocycles. The smallest absolute Gasteiger partial charge is 0.115 e. The van der Waals surface area contributed by atoms with Crippen molar-refractivity contribution in [3.8, 4) is 0 Å². The predicted octanol–water partition coefficient (Wildman–Crippen LogP) is 0.223. The maximum Gasteiger partial charge on any atom is 0.115 e. The molecule has 14 heavy (non-hydrogen) atoms. The average Bonchev–Trinajstić information content (AvgIpc) is 2.18. The number of nitrogens with zero attached hydrogens (tertiary/aromatic N) is 3. The summed E-state index contributed by atoms with van der Waals surface area (Å²) in [5.74, 6) is 0.491. The van der Waals surface area contributed by atoms with Crippen molar-refractivity contribution >= 4 is 0 Å². The number of hydrogen-bond acceptors (Lipinski definition) is 4. The first-order valence-corrected chi connectivity index (χ1v) is 4.94. The lowest BCUT2D eigenvalue weighted by Gasteiger charge is -2.33. The highest BCUT2D eigenvalue weighted by atomic mass is 15.1. The molecule has 2 atom stereocenters. The van der Waals surface area contributed by atoms with Gasteiger partial charge in [-0.3, -0.25) is 0 Å². The van der Waals surface area contributed by atoms with Crippen LogP contribution in [0.3, 0.4) is 0 Å². The summed E-state index contributed by atoms with van der Waals surface area (Å²) >= 11 is 0. The van der Waals surface area contributed by atoms with Crippen LogP contribution in [0.4, 0.5) is 0 Å². The Hall–Kier alpha value is -1.00. The van der Waals surface area contributed by atoms with Crippen molar-refractivity contribution in [3.05, 3.63) is 24.3 Å². The lowest BCUT2D eigenvalue weighted by molar-refractivity contribution is 0.226. The van der Waals surface area contributed by atoms with E-state index in [2.05, 4.69) is 21.9 Å². The molecule has 1 aliphatic rings. The van der Waals surface area contributed by atoms with Crippen molar-refractivity contribution in [1.82, 2.24) is 14.9 Å². The van der Waals surface area contributed by atoms with Crippen LogP contribution in [0.25, 0.3) is 0 Å². The van der Waals surface area contributed by atoms with Gasteiger partial charge in [0.2, 0.25) is 0 Å². The van der Waals surface area contributed by atoms with Crippen LogP contribution in [0.15, 0.2) is 18.7 Å². The molecule has 0 aliphatic carbocycles. The van der Waals surface area contributed by atoms with Gasteiger partial charge in [-0.2, -0.15) is 0 Å². The Labute approximate surface area is 84.2 Å². The fourth-order valence-electron chi connectivity index (χ4n) is 2.13. The first-order chi connectivity index (χ1) is 6.75. The summed E-state index contributed by atoms with van der Waals surface area (Å²) in [6, 6.07) is 0.277. The third kappa shape index (κ3) is 2.08. The second kappa shape index (κ2) is 4.02. The van der Waals surface area contributed by atoms with E-state index in [1.54, 1.807) is 6.33 Å².